The minimum Gasteiger partial charge on any atom is -0.369 e. The van der Waals surface area contributed by atoms with Gasteiger partial charge in [0.25, 0.3) is 5.91 Å². The number of nitrogens with two attached hydrogens (primary N) is 1. The van der Waals surface area contributed by atoms with E-state index in [0.717, 1.165) is 19.3 Å². The molecular weight excluding hydrogens is 204 g/mol. The van der Waals surface area contributed by atoms with Gasteiger partial charge >= 0.3 is 0 Å². The van der Waals surface area contributed by atoms with E-state index >= 15 is 0 Å². The SMILES string of the molecule is COC(C)(C)C(=O)NC1CCCCCC1N. The Hall–Kier alpha value is -0.610. The van der Waals surface area contributed by atoms with Crippen molar-refractivity contribution < 1.29 is 9.53 Å². The van der Waals surface area contributed by atoms with Gasteiger partial charge in [0.15, 0.2) is 0 Å². The lowest BCUT2D eigenvalue weighted by atomic mass is 10.0. The molecule has 0 spiro atoms. The van der Waals surface area contributed by atoms with Crippen molar-refractivity contribution in [1.29, 1.82) is 0 Å². The molecule has 0 aromatic carbocycles. The predicted octanol–water partition coefficient (Wildman–Crippen LogP) is 1.19. The summed E-state index contributed by atoms with van der Waals surface area (Å²) in [7, 11) is 1.55. The molecule has 16 heavy (non-hydrogen) atoms. The van der Waals surface area contributed by atoms with Gasteiger partial charge in [-0.05, 0) is 26.7 Å². The Bertz CT molecular complexity index is 241. The summed E-state index contributed by atoms with van der Waals surface area (Å²) >= 11 is 0. The Morgan fingerprint density at radius 3 is 2.56 bits per heavy atom. The molecule has 1 amide bonds. The lowest BCUT2D eigenvalue weighted by molar-refractivity contribution is -0.140. The van der Waals surface area contributed by atoms with Crippen LogP contribution in [0.5, 0.6) is 0 Å². The van der Waals surface area contributed by atoms with Crippen LogP contribution >= 0.6 is 0 Å². The number of rotatable bonds is 3. The fourth-order valence-corrected chi connectivity index (χ4v) is 1.95. The molecule has 2 unspecified atom stereocenters. The summed E-state index contributed by atoms with van der Waals surface area (Å²) in [5, 5.41) is 3.01. The van der Waals surface area contributed by atoms with Crippen LogP contribution in [-0.4, -0.2) is 30.7 Å². The van der Waals surface area contributed by atoms with Gasteiger partial charge in [-0.25, -0.2) is 0 Å². The van der Waals surface area contributed by atoms with Crippen molar-refractivity contribution in [3.05, 3.63) is 0 Å². The molecule has 2 atom stereocenters. The summed E-state index contributed by atoms with van der Waals surface area (Å²) in [6.07, 6.45) is 5.51. The van der Waals surface area contributed by atoms with Crippen LogP contribution in [0.15, 0.2) is 0 Å². The summed E-state index contributed by atoms with van der Waals surface area (Å²) in [4.78, 5) is 11.9. The molecule has 1 aliphatic carbocycles. The lowest BCUT2D eigenvalue weighted by Crippen LogP contribution is -2.53. The maximum absolute atomic E-state index is 11.9. The van der Waals surface area contributed by atoms with Crippen LogP contribution in [0.3, 0.4) is 0 Å². The molecule has 0 radical (unpaired) electrons. The third-order valence-corrected chi connectivity index (χ3v) is 3.44. The zero-order valence-corrected chi connectivity index (χ0v) is 10.6. The zero-order chi connectivity index (χ0) is 12.2. The Morgan fingerprint density at radius 1 is 1.31 bits per heavy atom. The van der Waals surface area contributed by atoms with Gasteiger partial charge in [-0.1, -0.05) is 19.3 Å². The Balaban J connectivity index is 2.54. The monoisotopic (exact) mass is 228 g/mol. The maximum Gasteiger partial charge on any atom is 0.251 e. The standard InChI is InChI=1S/C12H24N2O2/c1-12(2,16-3)11(15)14-10-8-6-4-5-7-9(10)13/h9-10H,4-8,13H2,1-3H3,(H,14,15). The summed E-state index contributed by atoms with van der Waals surface area (Å²) in [5.74, 6) is -0.0719. The topological polar surface area (TPSA) is 64.3 Å². The second-order valence-electron chi connectivity index (χ2n) is 5.10. The van der Waals surface area contributed by atoms with Gasteiger partial charge < -0.3 is 15.8 Å². The number of ether oxygens (including phenoxy) is 1. The third-order valence-electron chi connectivity index (χ3n) is 3.44. The van der Waals surface area contributed by atoms with Crippen LogP contribution in [0, 0.1) is 0 Å². The van der Waals surface area contributed by atoms with Gasteiger partial charge in [-0.2, -0.15) is 0 Å². The van der Waals surface area contributed by atoms with Crippen LogP contribution < -0.4 is 11.1 Å². The van der Waals surface area contributed by atoms with E-state index in [2.05, 4.69) is 5.32 Å². The highest BCUT2D eigenvalue weighted by molar-refractivity contribution is 5.84. The van der Waals surface area contributed by atoms with Crippen molar-refractivity contribution in [3.8, 4) is 0 Å². The smallest absolute Gasteiger partial charge is 0.251 e. The summed E-state index contributed by atoms with van der Waals surface area (Å²) in [5.41, 5.74) is 5.28. The number of carbonyl (C=O) groups is 1. The van der Waals surface area contributed by atoms with E-state index in [1.165, 1.54) is 12.8 Å². The molecule has 0 heterocycles. The number of hydrogen-bond acceptors (Lipinski definition) is 3. The zero-order valence-electron chi connectivity index (χ0n) is 10.6. The van der Waals surface area contributed by atoms with Crippen LogP contribution in [0.25, 0.3) is 0 Å². The molecule has 0 bridgehead atoms. The van der Waals surface area contributed by atoms with Crippen molar-refractivity contribution in [3.63, 3.8) is 0 Å². The molecule has 1 saturated carbocycles. The fourth-order valence-electron chi connectivity index (χ4n) is 1.95. The fraction of sp³-hybridized carbons (Fsp3) is 0.917. The highest BCUT2D eigenvalue weighted by Gasteiger charge is 2.30. The number of methoxy groups -OCH3 is 1. The lowest BCUT2D eigenvalue weighted by Gasteiger charge is -2.28. The van der Waals surface area contributed by atoms with Gasteiger partial charge in [0.1, 0.15) is 5.60 Å². The van der Waals surface area contributed by atoms with E-state index in [1.807, 2.05) is 0 Å². The highest BCUT2D eigenvalue weighted by atomic mass is 16.5. The van der Waals surface area contributed by atoms with E-state index in [1.54, 1.807) is 21.0 Å². The van der Waals surface area contributed by atoms with Crippen LogP contribution in [-0.2, 0) is 9.53 Å². The van der Waals surface area contributed by atoms with E-state index in [-0.39, 0.29) is 18.0 Å². The van der Waals surface area contributed by atoms with Crippen molar-refractivity contribution in [2.45, 2.75) is 63.6 Å². The van der Waals surface area contributed by atoms with Crippen LogP contribution in [0.4, 0.5) is 0 Å². The van der Waals surface area contributed by atoms with E-state index in [9.17, 15) is 4.79 Å². The normalized spacial score (nSPS) is 27.2. The minimum absolute atomic E-state index is 0.0719. The molecule has 1 fully saturated rings. The summed E-state index contributed by atoms with van der Waals surface area (Å²) in [6, 6.07) is 0.184. The average Bonchev–Trinajstić information content (AvgIpc) is 2.44. The first-order valence-corrected chi connectivity index (χ1v) is 6.09. The largest absolute Gasteiger partial charge is 0.369 e. The maximum atomic E-state index is 11.9. The molecule has 1 rings (SSSR count). The first-order valence-electron chi connectivity index (χ1n) is 6.09. The number of amides is 1. The molecule has 4 nitrogen and oxygen atoms in total. The van der Waals surface area contributed by atoms with Gasteiger partial charge in [0.2, 0.25) is 0 Å². The van der Waals surface area contributed by atoms with Crippen molar-refractivity contribution in [1.82, 2.24) is 5.32 Å². The van der Waals surface area contributed by atoms with E-state index < -0.39 is 5.60 Å². The first-order chi connectivity index (χ1) is 7.47. The molecule has 0 aromatic heterocycles. The van der Waals surface area contributed by atoms with Gasteiger partial charge in [-0.15, -0.1) is 0 Å². The molecule has 0 saturated heterocycles. The molecule has 4 heteroatoms. The predicted molar refractivity (Wildman–Crippen MR) is 64.1 cm³/mol. The number of hydrogen-bond donors (Lipinski definition) is 2. The molecule has 94 valence electrons. The third kappa shape index (κ3) is 3.46. The van der Waals surface area contributed by atoms with Crippen LogP contribution in [0.2, 0.25) is 0 Å². The molecule has 3 N–H and O–H groups in total. The Labute approximate surface area is 97.9 Å². The van der Waals surface area contributed by atoms with Crippen molar-refractivity contribution in [2.75, 3.05) is 7.11 Å². The molecule has 0 aliphatic heterocycles. The van der Waals surface area contributed by atoms with Crippen LogP contribution in [0.1, 0.15) is 46.0 Å². The number of nitrogens with one attached hydrogen (secondary N) is 1. The van der Waals surface area contributed by atoms with Gasteiger partial charge in [0, 0.05) is 19.2 Å². The van der Waals surface area contributed by atoms with Gasteiger partial charge in [-0.3, -0.25) is 4.79 Å². The average molecular weight is 228 g/mol. The molecular formula is C12H24N2O2. The quantitative estimate of drug-likeness (QED) is 0.713. The van der Waals surface area contributed by atoms with Crippen molar-refractivity contribution >= 4 is 5.91 Å². The summed E-state index contributed by atoms with van der Waals surface area (Å²) in [6.45, 7) is 3.54. The Kier molecular flexibility index (Phi) is 4.74. The molecule has 1 aliphatic rings. The Morgan fingerprint density at radius 2 is 1.94 bits per heavy atom. The van der Waals surface area contributed by atoms with E-state index in [4.69, 9.17) is 10.5 Å². The molecule has 0 aromatic rings. The second-order valence-corrected chi connectivity index (χ2v) is 5.10. The first kappa shape index (κ1) is 13.5. The van der Waals surface area contributed by atoms with E-state index in [0.29, 0.717) is 0 Å². The number of carbonyl (C=O) groups excluding carboxylic acids is 1. The van der Waals surface area contributed by atoms with Gasteiger partial charge in [0.05, 0.1) is 0 Å². The summed E-state index contributed by atoms with van der Waals surface area (Å²) < 4.78 is 5.15. The minimum atomic E-state index is -0.772. The highest BCUT2D eigenvalue weighted by Crippen LogP contribution is 2.18. The van der Waals surface area contributed by atoms with Crippen molar-refractivity contribution in [2.24, 2.45) is 5.73 Å². The second kappa shape index (κ2) is 5.64.